The lowest BCUT2D eigenvalue weighted by Crippen LogP contribution is -2.39. The van der Waals surface area contributed by atoms with E-state index in [0.29, 0.717) is 34.9 Å². The van der Waals surface area contributed by atoms with Crippen LogP contribution in [-0.2, 0) is 70.9 Å². The van der Waals surface area contributed by atoms with Crippen molar-refractivity contribution < 1.29 is 110 Å². The molecule has 42 heteroatoms. The van der Waals surface area contributed by atoms with E-state index in [9.17, 15) is 81.0 Å². The summed E-state index contributed by atoms with van der Waals surface area (Å²) in [5.74, 6) is -1.34. The number of urea groups is 2. The summed E-state index contributed by atoms with van der Waals surface area (Å²) in [7, 11) is -12.7. The number of halogens is 4. The molecule has 0 spiro atoms. The normalized spacial score (nSPS) is 14.1. The molecule has 96 heavy (non-hydrogen) atoms. The minimum atomic E-state index is -4.61. The molecule has 5 aromatic rings. The molecule has 3 aliphatic rings. The Kier molecular flexibility index (Phi) is 28.9. The van der Waals surface area contributed by atoms with Crippen molar-refractivity contribution in [1.82, 2.24) is 44.7 Å². The molecular weight excluding hydrogens is 1390 g/mol. The standard InChI is InChI=1S/C19H15FN2O4.C15H16F3N5O4S.C14H17N5O7S2.C3H8NO5P.C3H9S/c1-2-7-21-15-9-14(13(20)8-16(15)26-10-17(21)23)22-18(24)11-5-3-4-6-12(11)19(22)25;1-9-19-12(22-14(20-9)27-2)21-13(24)23-28(25,26)11-6-4-3-5-10(11)7-8-15(16,17)18;1-4-27(21,22)9-6-5-7-15-12(9)28(23,24)19-14(20)18-13-16-10(25-2)8-11(17-13)26-3;5-3(6)1-4-2-10(7,8)9;1-4(2)3/h1,8-9H,3-7,10H2;3-6H,7-8H2,1-2H3,(H2,19,20,21,22,23,24);5-8H,4H2,1-3H3,(H2,16,17,18,19,20);4H,1-2H2,(H,5,6)(H2,7,8,9);1-3H3/q;;;;+1/p-1. The van der Waals surface area contributed by atoms with Crippen LogP contribution >= 0.6 is 7.60 Å². The Bertz CT molecular complexity index is 4130. The second-order valence-corrected chi connectivity index (χ2v) is 29.3. The summed E-state index contributed by atoms with van der Waals surface area (Å²) in [6, 6.07) is 8.65. The Morgan fingerprint density at radius 3 is 1.89 bits per heavy atom. The Morgan fingerprint density at radius 2 is 1.36 bits per heavy atom. The number of aryl methyl sites for hydroxylation is 2. The Morgan fingerprint density at radius 1 is 0.812 bits per heavy atom. The van der Waals surface area contributed by atoms with Gasteiger partial charge in [-0.1, -0.05) is 31.0 Å². The predicted octanol–water partition coefficient (Wildman–Crippen LogP) is 2.97. The van der Waals surface area contributed by atoms with E-state index in [2.05, 4.69) is 65.2 Å². The zero-order chi connectivity index (χ0) is 72.1. The van der Waals surface area contributed by atoms with Crippen molar-refractivity contribution in [2.24, 2.45) is 0 Å². The predicted molar refractivity (Wildman–Crippen MR) is 334 cm³/mol. The number of pyridine rings is 1. The maximum absolute atomic E-state index is 14.7. The van der Waals surface area contributed by atoms with Crippen molar-refractivity contribution >= 4 is 107 Å². The zero-order valence-electron chi connectivity index (χ0n) is 52.0. The van der Waals surface area contributed by atoms with Crippen LogP contribution in [0.1, 0.15) is 50.4 Å². The number of amides is 7. The molecule has 3 aromatic heterocycles. The second kappa shape index (κ2) is 35.0. The van der Waals surface area contributed by atoms with Gasteiger partial charge in [0.25, 0.3) is 37.8 Å². The number of carboxylic acid groups (broad SMARTS) is 1. The highest BCUT2D eigenvalue weighted by atomic mass is 32.2. The Hall–Kier alpha value is -9.17. The first kappa shape index (κ1) is 79.3. The molecule has 0 saturated carbocycles. The highest BCUT2D eigenvalue weighted by Crippen LogP contribution is 2.42. The van der Waals surface area contributed by atoms with Crippen LogP contribution in [-0.4, -0.2) is 179 Å². The highest BCUT2D eigenvalue weighted by molar-refractivity contribution is 7.94. The summed E-state index contributed by atoms with van der Waals surface area (Å²) in [5.41, 5.74) is 0.921. The van der Waals surface area contributed by atoms with Crippen molar-refractivity contribution in [2.45, 2.75) is 73.4 Å². The van der Waals surface area contributed by atoms with Gasteiger partial charge in [-0.3, -0.25) is 40.0 Å². The molecule has 0 fully saturated rings. The summed E-state index contributed by atoms with van der Waals surface area (Å²) < 4.78 is 159. The number of benzene rings is 2. The molecule has 522 valence electrons. The number of carbonyl (C=O) groups excluding carboxylic acids is 5. The fraction of sp³-hybridized carbons (Fsp3) is 0.370. The molecular formula is C54H64F4N13O20PS4. The van der Waals surface area contributed by atoms with Gasteiger partial charge in [-0.15, -0.1) is 6.42 Å². The number of carboxylic acids is 1. The smallest absolute Gasteiger partial charge is 0.389 e. The minimum Gasteiger partial charge on any atom is -0.778 e. The van der Waals surface area contributed by atoms with E-state index >= 15 is 0 Å². The Balaban J connectivity index is 0.000000278. The quantitative estimate of drug-likeness (QED) is 0.0205. The largest absolute Gasteiger partial charge is 0.778 e. The van der Waals surface area contributed by atoms with Crippen molar-refractivity contribution in [2.75, 3.05) is 92.3 Å². The minimum absolute atomic E-state index is 0.0170. The van der Waals surface area contributed by atoms with Crippen LogP contribution in [0.3, 0.4) is 0 Å². The van der Waals surface area contributed by atoms with Crippen LogP contribution in [0.15, 0.2) is 86.8 Å². The number of sulfone groups is 1. The number of nitrogens with one attached hydrogen (secondary N) is 5. The molecule has 1 atom stereocenters. The number of alkyl halides is 3. The fourth-order valence-corrected chi connectivity index (χ4v) is 12.1. The number of terminal acetylenes is 1. The SMILES string of the molecule is C#CCN1C(=O)COc2cc(F)c(N3C(=O)C4=C(CCCC4)C3=O)cc21.CCS(=O)(=O)c1cccnc1S(=O)(=O)NC(=O)Nc1nc(OC)cc(OC)n1.COc1nc(C)nc(NC(=O)NS(=O)(=O)c2ccccc2CCC(F)(F)F)n1.C[S+](C)C.O=C(O)CNCP(=O)([O-])O. The maximum atomic E-state index is 14.7. The summed E-state index contributed by atoms with van der Waals surface area (Å²) in [4.78, 5) is 113. The molecule has 7 amide bonds. The average molecular weight is 1450 g/mol. The van der Waals surface area contributed by atoms with Gasteiger partial charge in [0.05, 0.1) is 87.6 Å². The van der Waals surface area contributed by atoms with E-state index in [1.807, 2.05) is 5.32 Å². The molecule has 5 heterocycles. The van der Waals surface area contributed by atoms with Gasteiger partial charge in [-0.2, -0.15) is 46.5 Å². The van der Waals surface area contributed by atoms with Gasteiger partial charge >= 0.3 is 30.2 Å². The third kappa shape index (κ3) is 23.9. The Labute approximate surface area is 550 Å². The van der Waals surface area contributed by atoms with Crippen molar-refractivity contribution in [3.63, 3.8) is 0 Å². The van der Waals surface area contributed by atoms with Gasteiger partial charge in [-0.25, -0.2) is 50.1 Å². The summed E-state index contributed by atoms with van der Waals surface area (Å²) in [6.07, 6.45) is 8.78. The fourth-order valence-electron chi connectivity index (χ4n) is 8.00. The van der Waals surface area contributed by atoms with Crippen molar-refractivity contribution in [3.8, 4) is 35.9 Å². The molecule has 0 saturated heterocycles. The third-order valence-corrected chi connectivity index (χ3v) is 17.2. The van der Waals surface area contributed by atoms with Crippen LogP contribution in [0.25, 0.3) is 0 Å². The first-order valence-corrected chi connectivity index (χ1v) is 36.1. The topological polar surface area (TPSA) is 466 Å². The van der Waals surface area contributed by atoms with Gasteiger partial charge in [-0.05, 0) is 79.8 Å². The maximum Gasteiger partial charge on any atom is 0.389 e. The number of ether oxygens (including phenoxy) is 4. The average Bonchev–Trinajstić information content (AvgIpc) is 1.59. The monoisotopic (exact) mass is 1450 g/mol. The van der Waals surface area contributed by atoms with Crippen LogP contribution in [0.2, 0.25) is 0 Å². The lowest BCUT2D eigenvalue weighted by Gasteiger charge is -2.29. The molecule has 7 N–H and O–H groups in total. The van der Waals surface area contributed by atoms with E-state index in [1.165, 1.54) is 76.5 Å². The lowest BCUT2D eigenvalue weighted by molar-refractivity contribution is -0.193. The van der Waals surface area contributed by atoms with Gasteiger partial charge in [0.1, 0.15) is 24.1 Å². The molecule has 33 nitrogen and oxygen atoms in total. The molecule has 8 rings (SSSR count). The third-order valence-electron chi connectivity index (χ3n) is 12.0. The molecule has 1 aliphatic carbocycles. The molecule has 2 aromatic carbocycles. The van der Waals surface area contributed by atoms with E-state index in [0.717, 1.165) is 42.1 Å². The summed E-state index contributed by atoms with van der Waals surface area (Å²) in [6.45, 7) is 2.11. The van der Waals surface area contributed by atoms with Crippen molar-refractivity contribution in [1.29, 1.82) is 0 Å². The number of aromatic nitrogens is 6. The number of imide groups is 1. The van der Waals surface area contributed by atoms with E-state index in [4.69, 9.17) is 35.4 Å². The van der Waals surface area contributed by atoms with E-state index in [1.54, 1.807) is 9.44 Å². The van der Waals surface area contributed by atoms with Crippen molar-refractivity contribution in [3.05, 3.63) is 89.1 Å². The van der Waals surface area contributed by atoms with Gasteiger partial charge < -0.3 is 38.4 Å². The highest BCUT2D eigenvalue weighted by Gasteiger charge is 2.42. The van der Waals surface area contributed by atoms with Crippen LogP contribution in [0.4, 0.5) is 50.4 Å². The second-order valence-electron chi connectivity index (χ2n) is 19.7. The molecule has 0 bridgehead atoms. The van der Waals surface area contributed by atoms with E-state index in [-0.39, 0.29) is 83.0 Å². The van der Waals surface area contributed by atoms with Gasteiger partial charge in [0, 0.05) is 29.8 Å². The number of hydrogen-bond acceptors (Lipinski definition) is 25. The molecule has 0 radical (unpaired) electrons. The summed E-state index contributed by atoms with van der Waals surface area (Å²) in [5, 5.41) is 13.4. The van der Waals surface area contributed by atoms with Gasteiger partial charge in [0.15, 0.2) is 27.3 Å². The number of methoxy groups -OCH3 is 3. The van der Waals surface area contributed by atoms with Gasteiger partial charge in [0.2, 0.25) is 23.7 Å². The number of aliphatic carboxylic acids is 1. The van der Waals surface area contributed by atoms with Crippen LogP contribution in [0, 0.1) is 25.1 Å². The summed E-state index contributed by atoms with van der Waals surface area (Å²) >= 11 is 0. The molecule has 1 unspecified atom stereocenters. The number of rotatable bonds is 19. The number of anilines is 4. The van der Waals surface area contributed by atoms with E-state index < -0.39 is 120 Å². The lowest BCUT2D eigenvalue weighted by atomic mass is 9.93. The number of hydrogen-bond donors (Lipinski definition) is 7. The number of nitrogens with zero attached hydrogens (tertiary/aromatic N) is 8. The first-order valence-electron chi connectivity index (χ1n) is 27.3. The zero-order valence-corrected chi connectivity index (χ0v) is 56.2. The molecule has 2 aliphatic heterocycles. The number of carbonyl (C=O) groups is 6. The van der Waals surface area contributed by atoms with Crippen LogP contribution in [0.5, 0.6) is 23.5 Å². The van der Waals surface area contributed by atoms with Crippen LogP contribution < -0.4 is 59.0 Å². The number of fused-ring (bicyclic) bond motifs is 1. The number of sulfonamides is 2. The first-order chi connectivity index (χ1) is 44.8.